The van der Waals surface area contributed by atoms with Crippen LogP contribution < -0.4 is 4.72 Å². The molecule has 0 fully saturated rings. The van der Waals surface area contributed by atoms with Gasteiger partial charge in [-0.05, 0) is 13.0 Å². The molecule has 0 radical (unpaired) electrons. The van der Waals surface area contributed by atoms with E-state index in [0.29, 0.717) is 11.4 Å². The summed E-state index contributed by atoms with van der Waals surface area (Å²) in [5.74, 6) is -0.339. The van der Waals surface area contributed by atoms with Crippen molar-refractivity contribution in [3.05, 3.63) is 48.3 Å². The van der Waals surface area contributed by atoms with Gasteiger partial charge in [0.25, 0.3) is 10.0 Å². The Morgan fingerprint density at radius 3 is 3.00 bits per heavy atom. The summed E-state index contributed by atoms with van der Waals surface area (Å²) < 4.78 is 33.8. The molecule has 11 nitrogen and oxygen atoms in total. The number of ether oxygens (including phenoxy) is 1. The molecule has 0 amide bonds. The predicted molar refractivity (Wildman–Crippen MR) is 87.7 cm³/mol. The van der Waals surface area contributed by atoms with E-state index in [2.05, 4.69) is 30.0 Å². The summed E-state index contributed by atoms with van der Waals surface area (Å²) in [6, 6.07) is 3.37. The highest BCUT2D eigenvalue weighted by molar-refractivity contribution is 7.89. The number of H-pyrrole nitrogens is 1. The molecule has 0 aliphatic heterocycles. The van der Waals surface area contributed by atoms with E-state index in [1.165, 1.54) is 17.3 Å². The highest BCUT2D eigenvalue weighted by Gasteiger charge is 2.26. The zero-order valence-corrected chi connectivity index (χ0v) is 14.5. The van der Waals surface area contributed by atoms with Crippen LogP contribution in [0, 0.1) is 0 Å². The summed E-state index contributed by atoms with van der Waals surface area (Å²) in [5, 5.41) is 9.57. The van der Waals surface area contributed by atoms with Crippen molar-refractivity contribution in [2.24, 2.45) is 0 Å². The number of carbonyl (C=O) groups is 1. The number of rotatable bonds is 7. The second-order valence-corrected chi connectivity index (χ2v) is 6.69. The number of pyridine rings is 1. The van der Waals surface area contributed by atoms with Gasteiger partial charge in [-0.25, -0.2) is 32.6 Å². The Kier molecular flexibility index (Phi) is 5.04. The van der Waals surface area contributed by atoms with Gasteiger partial charge in [0.05, 0.1) is 12.8 Å². The number of aromatic amines is 1. The van der Waals surface area contributed by atoms with E-state index in [1.54, 1.807) is 25.3 Å². The first kappa shape index (κ1) is 17.7. The molecule has 0 atom stereocenters. The van der Waals surface area contributed by atoms with Gasteiger partial charge in [-0.3, -0.25) is 5.10 Å². The molecular weight excluding hydrogens is 362 g/mol. The Balaban J connectivity index is 1.83. The van der Waals surface area contributed by atoms with E-state index in [1.807, 2.05) is 0 Å². The predicted octanol–water partition coefficient (Wildman–Crippen LogP) is 0.0406. The van der Waals surface area contributed by atoms with E-state index < -0.39 is 16.0 Å². The minimum Gasteiger partial charge on any atom is -0.462 e. The molecule has 2 N–H and O–H groups in total. The zero-order chi connectivity index (χ0) is 18.6. The van der Waals surface area contributed by atoms with E-state index >= 15 is 0 Å². The smallest absolute Gasteiger partial charge is 0.342 e. The lowest BCUT2D eigenvalue weighted by molar-refractivity contribution is 0.0522. The molecule has 0 bridgehead atoms. The fourth-order valence-corrected chi connectivity index (χ4v) is 3.26. The molecule has 0 unspecified atom stereocenters. The molecule has 26 heavy (non-hydrogen) atoms. The van der Waals surface area contributed by atoms with Crippen LogP contribution in [0.25, 0.3) is 5.82 Å². The third-order valence-electron chi connectivity index (χ3n) is 3.32. The molecule has 3 heterocycles. The van der Waals surface area contributed by atoms with Crippen LogP contribution in [0.15, 0.2) is 42.2 Å². The molecular formula is C14H15N7O4S. The standard InChI is InChI=1S/C14H15N7O4S/c1-2-25-14(22)11-7-17-20-13(11)26(23,24)19-6-10-4-3-5-16-12(10)21-9-15-8-18-21/h3-5,7-9,19H,2,6H2,1H3,(H,17,20). The fourth-order valence-electron chi connectivity index (χ4n) is 2.17. The number of aromatic nitrogens is 6. The number of nitrogens with zero attached hydrogens (tertiary/aromatic N) is 5. The third kappa shape index (κ3) is 3.60. The largest absolute Gasteiger partial charge is 0.462 e. The first-order chi connectivity index (χ1) is 12.5. The van der Waals surface area contributed by atoms with Crippen molar-refractivity contribution in [1.82, 2.24) is 34.7 Å². The van der Waals surface area contributed by atoms with Gasteiger partial charge in [-0.15, -0.1) is 0 Å². The van der Waals surface area contributed by atoms with Crippen molar-refractivity contribution < 1.29 is 17.9 Å². The summed E-state index contributed by atoms with van der Waals surface area (Å²) >= 11 is 0. The fraction of sp³-hybridized carbons (Fsp3) is 0.214. The van der Waals surface area contributed by atoms with Gasteiger partial charge in [0.1, 0.15) is 18.2 Å². The maximum absolute atomic E-state index is 12.5. The van der Waals surface area contributed by atoms with Gasteiger partial charge in [0.15, 0.2) is 10.8 Å². The van der Waals surface area contributed by atoms with Crippen LogP contribution in [0.5, 0.6) is 0 Å². The summed E-state index contributed by atoms with van der Waals surface area (Å²) in [6.07, 6.45) is 5.47. The molecule has 3 aromatic heterocycles. The maximum Gasteiger partial charge on any atom is 0.342 e. The number of hydrogen-bond donors (Lipinski definition) is 2. The number of esters is 1. The summed E-state index contributed by atoms with van der Waals surface area (Å²) in [6.45, 7) is 1.67. The lowest BCUT2D eigenvalue weighted by Gasteiger charge is -2.10. The first-order valence-corrected chi connectivity index (χ1v) is 9.00. The van der Waals surface area contributed by atoms with Crippen molar-refractivity contribution in [2.75, 3.05) is 6.61 Å². The quantitative estimate of drug-likeness (QED) is 0.549. The van der Waals surface area contributed by atoms with E-state index in [-0.39, 0.29) is 23.7 Å². The van der Waals surface area contributed by atoms with Crippen molar-refractivity contribution in [3.8, 4) is 5.82 Å². The van der Waals surface area contributed by atoms with E-state index in [9.17, 15) is 13.2 Å². The highest BCUT2D eigenvalue weighted by atomic mass is 32.2. The van der Waals surface area contributed by atoms with Gasteiger partial charge in [0.2, 0.25) is 0 Å². The monoisotopic (exact) mass is 377 g/mol. The highest BCUT2D eigenvalue weighted by Crippen LogP contribution is 2.15. The molecule has 0 spiro atoms. The van der Waals surface area contributed by atoms with Gasteiger partial charge in [-0.2, -0.15) is 10.2 Å². The van der Waals surface area contributed by atoms with Gasteiger partial charge >= 0.3 is 5.97 Å². The lowest BCUT2D eigenvalue weighted by atomic mass is 10.2. The minimum absolute atomic E-state index is 0.0767. The number of sulfonamides is 1. The topological polar surface area (TPSA) is 145 Å². The molecule has 12 heteroatoms. The van der Waals surface area contributed by atoms with Crippen LogP contribution in [0.3, 0.4) is 0 Å². The molecule has 0 saturated carbocycles. The summed E-state index contributed by atoms with van der Waals surface area (Å²) in [5.41, 5.74) is 0.404. The SMILES string of the molecule is CCOC(=O)c1cn[nH]c1S(=O)(=O)NCc1cccnc1-n1cncn1. The van der Waals surface area contributed by atoms with E-state index in [4.69, 9.17) is 4.74 Å². The van der Waals surface area contributed by atoms with Crippen LogP contribution in [0.4, 0.5) is 0 Å². The minimum atomic E-state index is -4.04. The van der Waals surface area contributed by atoms with Crippen molar-refractivity contribution in [1.29, 1.82) is 0 Å². The average Bonchev–Trinajstić information content (AvgIpc) is 3.32. The zero-order valence-electron chi connectivity index (χ0n) is 13.7. The molecule has 0 aliphatic rings. The van der Waals surface area contributed by atoms with Crippen LogP contribution in [0.1, 0.15) is 22.8 Å². The number of hydrogen-bond acceptors (Lipinski definition) is 8. The molecule has 136 valence electrons. The molecule has 0 aromatic carbocycles. The Morgan fingerprint density at radius 1 is 1.42 bits per heavy atom. The van der Waals surface area contributed by atoms with Crippen molar-refractivity contribution in [2.45, 2.75) is 18.5 Å². The normalized spacial score (nSPS) is 11.4. The Labute approximate surface area is 148 Å². The van der Waals surface area contributed by atoms with Gasteiger partial charge in [-0.1, -0.05) is 6.07 Å². The summed E-state index contributed by atoms with van der Waals surface area (Å²) in [4.78, 5) is 19.9. The van der Waals surface area contributed by atoms with Crippen LogP contribution >= 0.6 is 0 Å². The van der Waals surface area contributed by atoms with Crippen LogP contribution in [-0.4, -0.2) is 50.9 Å². The Bertz CT molecular complexity index is 998. The maximum atomic E-state index is 12.5. The van der Waals surface area contributed by atoms with Crippen molar-refractivity contribution in [3.63, 3.8) is 0 Å². The lowest BCUT2D eigenvalue weighted by Crippen LogP contribution is -2.26. The molecule has 0 saturated heterocycles. The average molecular weight is 377 g/mol. The molecule has 0 aliphatic carbocycles. The summed E-state index contributed by atoms with van der Waals surface area (Å²) in [7, 11) is -4.04. The van der Waals surface area contributed by atoms with Crippen LogP contribution in [0.2, 0.25) is 0 Å². The molecule has 3 rings (SSSR count). The molecule has 3 aromatic rings. The second kappa shape index (κ2) is 7.41. The van der Waals surface area contributed by atoms with E-state index in [0.717, 1.165) is 6.20 Å². The number of nitrogens with one attached hydrogen (secondary N) is 2. The third-order valence-corrected chi connectivity index (χ3v) is 4.70. The Hall–Kier alpha value is -3.12. The van der Waals surface area contributed by atoms with Crippen LogP contribution in [-0.2, 0) is 21.3 Å². The second-order valence-electron chi connectivity index (χ2n) is 4.98. The first-order valence-electron chi connectivity index (χ1n) is 7.52. The Morgan fingerprint density at radius 2 is 2.27 bits per heavy atom. The van der Waals surface area contributed by atoms with Gasteiger partial charge < -0.3 is 4.74 Å². The van der Waals surface area contributed by atoms with Crippen molar-refractivity contribution >= 4 is 16.0 Å². The van der Waals surface area contributed by atoms with Gasteiger partial charge in [0, 0.05) is 18.3 Å². The number of carbonyl (C=O) groups excluding carboxylic acids is 1.